The zero-order chi connectivity index (χ0) is 27.3. The maximum Gasteiger partial charge on any atom is 0.490 e. The van der Waals surface area contributed by atoms with E-state index < -0.39 is 12.1 Å². The number of benzene rings is 1. The lowest BCUT2D eigenvalue weighted by molar-refractivity contribution is -0.192. The van der Waals surface area contributed by atoms with Crippen molar-refractivity contribution in [2.24, 2.45) is 0 Å². The van der Waals surface area contributed by atoms with Gasteiger partial charge in [0.25, 0.3) is 5.91 Å². The number of nitrogens with zero attached hydrogens (tertiary/aromatic N) is 5. The highest BCUT2D eigenvalue weighted by atomic mass is 19.4. The number of piperidine rings is 1. The molecule has 0 radical (unpaired) electrons. The quantitative estimate of drug-likeness (QED) is 0.633. The first-order valence-corrected chi connectivity index (χ1v) is 12.6. The number of methoxy groups -OCH3 is 1. The van der Waals surface area contributed by atoms with E-state index in [-0.39, 0.29) is 5.91 Å². The van der Waals surface area contributed by atoms with Crippen LogP contribution in [0.25, 0.3) is 0 Å². The predicted molar refractivity (Wildman–Crippen MR) is 132 cm³/mol. The van der Waals surface area contributed by atoms with E-state index in [4.69, 9.17) is 19.4 Å². The van der Waals surface area contributed by atoms with Crippen LogP contribution in [0.4, 0.5) is 18.9 Å². The van der Waals surface area contributed by atoms with Crippen LogP contribution in [0, 0.1) is 0 Å². The molecule has 208 valence electrons. The number of rotatable bonds is 4. The van der Waals surface area contributed by atoms with E-state index in [1.807, 2.05) is 15.6 Å². The number of hydrogen-bond donors (Lipinski definition) is 1. The van der Waals surface area contributed by atoms with E-state index in [9.17, 15) is 18.0 Å². The normalized spacial score (nSPS) is 18.6. The minimum absolute atomic E-state index is 0.0341. The van der Waals surface area contributed by atoms with E-state index in [0.717, 1.165) is 76.7 Å². The maximum absolute atomic E-state index is 12.9. The largest absolute Gasteiger partial charge is 0.497 e. The van der Waals surface area contributed by atoms with Crippen molar-refractivity contribution in [1.82, 2.24) is 19.6 Å². The number of carboxylic acids is 1. The van der Waals surface area contributed by atoms with E-state index in [1.54, 1.807) is 13.2 Å². The predicted octanol–water partition coefficient (Wildman–Crippen LogP) is 2.73. The molecule has 2 saturated heterocycles. The van der Waals surface area contributed by atoms with Crippen LogP contribution in [0.2, 0.25) is 0 Å². The Morgan fingerprint density at radius 1 is 1.05 bits per heavy atom. The Morgan fingerprint density at radius 3 is 2.34 bits per heavy atom. The van der Waals surface area contributed by atoms with Gasteiger partial charge in [0.05, 0.1) is 13.7 Å². The minimum Gasteiger partial charge on any atom is -0.497 e. The molecule has 1 amide bonds. The number of fused-ring (bicyclic) bond motifs is 1. The summed E-state index contributed by atoms with van der Waals surface area (Å²) in [5.74, 6) is -1.10. The molecule has 3 aliphatic rings. The maximum atomic E-state index is 12.9. The Hall–Kier alpha value is -3.48. The lowest BCUT2D eigenvalue weighted by atomic mass is 10.0. The van der Waals surface area contributed by atoms with Crippen LogP contribution in [-0.2, 0) is 11.3 Å². The van der Waals surface area contributed by atoms with Crippen LogP contribution in [0.1, 0.15) is 29.8 Å². The molecule has 1 aromatic carbocycles. The zero-order valence-electron chi connectivity index (χ0n) is 21.2. The van der Waals surface area contributed by atoms with Crippen molar-refractivity contribution < 1.29 is 37.3 Å². The van der Waals surface area contributed by atoms with Crippen molar-refractivity contribution in [3.8, 4) is 11.6 Å². The number of halogens is 3. The van der Waals surface area contributed by atoms with Crippen molar-refractivity contribution in [2.45, 2.75) is 38.0 Å². The fourth-order valence-corrected chi connectivity index (χ4v) is 4.92. The molecule has 0 unspecified atom stereocenters. The van der Waals surface area contributed by atoms with Gasteiger partial charge in [-0.15, -0.1) is 0 Å². The summed E-state index contributed by atoms with van der Waals surface area (Å²) in [6.07, 6.45) is -2.09. The Bertz CT molecular complexity index is 1090. The second kappa shape index (κ2) is 11.9. The minimum atomic E-state index is -5.08. The molecule has 0 spiro atoms. The van der Waals surface area contributed by atoms with Gasteiger partial charge in [-0.1, -0.05) is 6.07 Å². The molecule has 2 aromatic rings. The van der Waals surface area contributed by atoms with Gasteiger partial charge in [0.1, 0.15) is 5.75 Å². The molecule has 0 aliphatic carbocycles. The van der Waals surface area contributed by atoms with E-state index in [1.165, 1.54) is 5.69 Å². The van der Waals surface area contributed by atoms with Crippen LogP contribution in [-0.4, -0.2) is 102 Å². The monoisotopic (exact) mass is 539 g/mol. The van der Waals surface area contributed by atoms with Gasteiger partial charge < -0.3 is 24.4 Å². The number of carbonyl (C=O) groups excluding carboxylic acids is 1. The van der Waals surface area contributed by atoms with Crippen LogP contribution >= 0.6 is 0 Å². The van der Waals surface area contributed by atoms with Crippen LogP contribution in [0.3, 0.4) is 0 Å². The molecule has 0 bridgehead atoms. The number of carbonyl (C=O) groups is 2. The number of aromatic nitrogens is 2. The molecule has 4 heterocycles. The lowest BCUT2D eigenvalue weighted by Gasteiger charge is -2.43. The first-order valence-electron chi connectivity index (χ1n) is 12.6. The first-order chi connectivity index (χ1) is 18.2. The Morgan fingerprint density at radius 2 is 1.74 bits per heavy atom. The summed E-state index contributed by atoms with van der Waals surface area (Å²) in [6, 6.07) is 10.6. The molecule has 5 rings (SSSR count). The van der Waals surface area contributed by atoms with Crippen molar-refractivity contribution in [3.63, 3.8) is 0 Å². The van der Waals surface area contributed by atoms with Crippen LogP contribution in [0.15, 0.2) is 30.3 Å². The summed E-state index contributed by atoms with van der Waals surface area (Å²) in [5.41, 5.74) is 1.74. The van der Waals surface area contributed by atoms with Crippen LogP contribution < -0.4 is 14.4 Å². The van der Waals surface area contributed by atoms with Gasteiger partial charge in [0, 0.05) is 76.1 Å². The Balaban J connectivity index is 0.000000426. The molecule has 13 heteroatoms. The third-order valence-electron chi connectivity index (χ3n) is 6.97. The highest BCUT2D eigenvalue weighted by molar-refractivity contribution is 5.92. The fraction of sp³-hybridized carbons (Fsp3) is 0.560. The van der Waals surface area contributed by atoms with Gasteiger partial charge in [-0.05, 0) is 25.0 Å². The number of ether oxygens (including phenoxy) is 2. The number of amides is 1. The van der Waals surface area contributed by atoms with E-state index >= 15 is 0 Å². The third kappa shape index (κ3) is 6.69. The van der Waals surface area contributed by atoms with Gasteiger partial charge in [0.15, 0.2) is 5.69 Å². The van der Waals surface area contributed by atoms with Gasteiger partial charge in [-0.2, -0.15) is 18.3 Å². The summed E-state index contributed by atoms with van der Waals surface area (Å²) in [4.78, 5) is 28.8. The number of hydrogen-bond acceptors (Lipinski definition) is 7. The summed E-state index contributed by atoms with van der Waals surface area (Å²) >= 11 is 0. The van der Waals surface area contributed by atoms with Gasteiger partial charge in [0.2, 0.25) is 5.88 Å². The van der Waals surface area contributed by atoms with Crippen LogP contribution in [0.5, 0.6) is 11.6 Å². The molecular formula is C25H32F3N5O5. The molecule has 0 saturated carbocycles. The van der Waals surface area contributed by atoms with Gasteiger partial charge >= 0.3 is 12.1 Å². The topological polar surface area (TPSA) is 100 Å². The first kappa shape index (κ1) is 27.6. The molecule has 1 N–H and O–H groups in total. The third-order valence-corrected chi connectivity index (χ3v) is 6.97. The second-order valence-corrected chi connectivity index (χ2v) is 9.34. The number of alkyl halides is 3. The smallest absolute Gasteiger partial charge is 0.490 e. The summed E-state index contributed by atoms with van der Waals surface area (Å²) in [7, 11) is 1.71. The SMILES string of the molecule is COc1cccc(N2CCN(C3CCN(C(=O)c4cc5n(n4)CCCO5)CC3)CC2)c1.O=C(O)C(F)(F)F. The molecule has 0 atom stereocenters. The van der Waals surface area contributed by atoms with Crippen molar-refractivity contribution in [1.29, 1.82) is 0 Å². The lowest BCUT2D eigenvalue weighted by Crippen LogP contribution is -2.53. The van der Waals surface area contributed by atoms with Crippen molar-refractivity contribution in [3.05, 3.63) is 36.0 Å². The number of piperazine rings is 1. The van der Waals surface area contributed by atoms with E-state index in [2.05, 4.69) is 33.1 Å². The summed E-state index contributed by atoms with van der Waals surface area (Å²) < 4.78 is 44.5. The summed E-state index contributed by atoms with van der Waals surface area (Å²) in [6.45, 7) is 7.27. The highest BCUT2D eigenvalue weighted by Gasteiger charge is 2.38. The number of likely N-dealkylation sites (tertiary alicyclic amines) is 1. The number of carboxylic acid groups (broad SMARTS) is 1. The summed E-state index contributed by atoms with van der Waals surface area (Å²) in [5, 5.41) is 11.6. The average molecular weight is 540 g/mol. The fourth-order valence-electron chi connectivity index (χ4n) is 4.92. The molecular weight excluding hydrogens is 507 g/mol. The van der Waals surface area contributed by atoms with Crippen molar-refractivity contribution >= 4 is 17.6 Å². The number of aliphatic carboxylic acids is 1. The van der Waals surface area contributed by atoms with Gasteiger partial charge in [-0.25, -0.2) is 9.48 Å². The number of anilines is 1. The molecule has 38 heavy (non-hydrogen) atoms. The van der Waals surface area contributed by atoms with Crippen molar-refractivity contribution in [2.75, 3.05) is 57.9 Å². The van der Waals surface area contributed by atoms with Gasteiger partial charge in [-0.3, -0.25) is 9.69 Å². The molecule has 3 aliphatic heterocycles. The van der Waals surface area contributed by atoms with E-state index in [0.29, 0.717) is 18.3 Å². The second-order valence-electron chi connectivity index (χ2n) is 9.34. The highest BCUT2D eigenvalue weighted by Crippen LogP contribution is 2.25. The molecule has 2 fully saturated rings. The zero-order valence-corrected chi connectivity index (χ0v) is 21.2. The molecule has 10 nitrogen and oxygen atoms in total. The molecule has 1 aromatic heterocycles. The average Bonchev–Trinajstić information content (AvgIpc) is 3.37. The Labute approximate surface area is 218 Å². The number of aryl methyl sites for hydroxylation is 1. The Kier molecular flexibility index (Phi) is 8.65. The standard InChI is InChI=1S/C23H31N5O3.C2HF3O2/c1-30-20-5-2-4-19(16-20)26-13-11-25(12-14-26)18-6-9-27(10-7-18)23(29)21-17-22-28(24-21)8-3-15-31-22;3-2(4,5)1(6)7/h2,4-5,16-18H,3,6-15H2,1H3;(H,6,7).